The van der Waals surface area contributed by atoms with Crippen LogP contribution in [0.3, 0.4) is 0 Å². The molecule has 0 bridgehead atoms. The highest BCUT2D eigenvalue weighted by Gasteiger charge is 2.31. The Bertz CT molecular complexity index is 717. The normalized spacial score (nSPS) is 16.1. The van der Waals surface area contributed by atoms with Gasteiger partial charge in [-0.3, -0.25) is 14.5 Å². The minimum atomic E-state index is -1.11. The van der Waals surface area contributed by atoms with Crippen molar-refractivity contribution in [1.82, 2.24) is 4.90 Å². The SMILES string of the molecule is COc1cc(/C=C2/SC(=O)N(C)C2=O)cc(Br)c1OCC(=O)O. The van der Waals surface area contributed by atoms with Gasteiger partial charge in [0, 0.05) is 7.05 Å². The monoisotopic (exact) mass is 401 g/mol. The molecular weight excluding hydrogens is 390 g/mol. The Labute approximate surface area is 144 Å². The standard InChI is InChI=1S/C14H12BrNO6S/c1-16-13(19)10(23-14(16)20)5-7-3-8(15)12(9(4-7)21-2)22-6-11(17)18/h3-5H,6H2,1-2H3,(H,17,18)/b10-5+. The van der Waals surface area contributed by atoms with E-state index in [9.17, 15) is 14.4 Å². The Morgan fingerprint density at radius 3 is 2.65 bits per heavy atom. The summed E-state index contributed by atoms with van der Waals surface area (Å²) in [6, 6.07) is 3.23. The number of carbonyl (C=O) groups excluding carboxylic acids is 2. The molecule has 2 rings (SSSR count). The van der Waals surface area contributed by atoms with Gasteiger partial charge < -0.3 is 14.6 Å². The number of nitrogens with zero attached hydrogens (tertiary/aromatic N) is 1. The highest BCUT2D eigenvalue weighted by atomic mass is 79.9. The van der Waals surface area contributed by atoms with Gasteiger partial charge in [-0.25, -0.2) is 4.79 Å². The number of carbonyl (C=O) groups is 3. The Hall–Kier alpha value is -2.00. The van der Waals surface area contributed by atoms with Crippen LogP contribution < -0.4 is 9.47 Å². The molecule has 0 aromatic heterocycles. The van der Waals surface area contributed by atoms with E-state index in [1.165, 1.54) is 14.2 Å². The Morgan fingerprint density at radius 2 is 2.13 bits per heavy atom. The van der Waals surface area contributed by atoms with Crippen molar-refractivity contribution in [1.29, 1.82) is 0 Å². The van der Waals surface area contributed by atoms with Gasteiger partial charge in [0.1, 0.15) is 0 Å². The van der Waals surface area contributed by atoms with Crippen LogP contribution in [-0.4, -0.2) is 47.9 Å². The predicted octanol–water partition coefficient (Wildman–Crippen LogP) is 2.59. The lowest BCUT2D eigenvalue weighted by atomic mass is 10.2. The average Bonchev–Trinajstić information content (AvgIpc) is 2.72. The van der Waals surface area contributed by atoms with Crippen molar-refractivity contribution >= 4 is 50.9 Å². The molecule has 0 radical (unpaired) electrons. The van der Waals surface area contributed by atoms with Crippen molar-refractivity contribution in [2.24, 2.45) is 0 Å². The number of amides is 2. The maximum Gasteiger partial charge on any atom is 0.341 e. The molecule has 1 aromatic rings. The summed E-state index contributed by atoms with van der Waals surface area (Å²) < 4.78 is 10.8. The molecule has 1 aliphatic rings. The van der Waals surface area contributed by atoms with Gasteiger partial charge in [0.15, 0.2) is 18.1 Å². The molecule has 0 aliphatic carbocycles. The van der Waals surface area contributed by atoms with Crippen LogP contribution in [0, 0.1) is 0 Å². The van der Waals surface area contributed by atoms with Crippen LogP contribution in [0.2, 0.25) is 0 Å². The van der Waals surface area contributed by atoms with Gasteiger partial charge in [0.05, 0.1) is 16.5 Å². The lowest BCUT2D eigenvalue weighted by molar-refractivity contribution is -0.139. The number of benzene rings is 1. The van der Waals surface area contributed by atoms with Gasteiger partial charge in [-0.2, -0.15) is 0 Å². The molecule has 23 heavy (non-hydrogen) atoms. The second-order valence-electron chi connectivity index (χ2n) is 4.46. The van der Waals surface area contributed by atoms with Gasteiger partial charge in [0.25, 0.3) is 11.1 Å². The molecule has 1 N–H and O–H groups in total. The van der Waals surface area contributed by atoms with E-state index >= 15 is 0 Å². The fourth-order valence-electron chi connectivity index (χ4n) is 1.79. The van der Waals surface area contributed by atoms with Crippen molar-refractivity contribution in [2.75, 3.05) is 20.8 Å². The Balaban J connectivity index is 2.35. The van der Waals surface area contributed by atoms with E-state index in [1.807, 2.05) is 0 Å². The average molecular weight is 402 g/mol. The third-order valence-corrected chi connectivity index (χ3v) is 4.43. The first-order valence-electron chi connectivity index (χ1n) is 6.27. The van der Waals surface area contributed by atoms with E-state index < -0.39 is 12.6 Å². The number of imide groups is 1. The summed E-state index contributed by atoms with van der Waals surface area (Å²) in [6.45, 7) is -0.511. The zero-order valence-electron chi connectivity index (χ0n) is 12.2. The largest absolute Gasteiger partial charge is 0.493 e. The van der Waals surface area contributed by atoms with Crippen LogP contribution in [0.15, 0.2) is 21.5 Å². The molecule has 122 valence electrons. The predicted molar refractivity (Wildman–Crippen MR) is 87.6 cm³/mol. The van der Waals surface area contributed by atoms with Crippen LogP contribution in [0.1, 0.15) is 5.56 Å². The van der Waals surface area contributed by atoms with E-state index in [-0.39, 0.29) is 16.9 Å². The minimum absolute atomic E-state index is 0.246. The molecule has 1 heterocycles. The minimum Gasteiger partial charge on any atom is -0.493 e. The van der Waals surface area contributed by atoms with Gasteiger partial charge in [-0.1, -0.05) is 0 Å². The summed E-state index contributed by atoms with van der Waals surface area (Å²) in [5, 5.41) is 8.35. The molecular formula is C14H12BrNO6S. The van der Waals surface area contributed by atoms with Gasteiger partial charge >= 0.3 is 5.97 Å². The summed E-state index contributed by atoms with van der Waals surface area (Å²) in [5.41, 5.74) is 0.607. The van der Waals surface area contributed by atoms with E-state index in [0.717, 1.165) is 16.7 Å². The number of aliphatic carboxylic acids is 1. The van der Waals surface area contributed by atoms with Crippen molar-refractivity contribution < 1.29 is 29.0 Å². The quantitative estimate of drug-likeness (QED) is 0.757. The smallest absolute Gasteiger partial charge is 0.341 e. The highest BCUT2D eigenvalue weighted by Crippen LogP contribution is 2.38. The lowest BCUT2D eigenvalue weighted by Crippen LogP contribution is -2.22. The number of ether oxygens (including phenoxy) is 2. The molecule has 1 aliphatic heterocycles. The third-order valence-electron chi connectivity index (χ3n) is 2.88. The second-order valence-corrected chi connectivity index (χ2v) is 6.30. The fourth-order valence-corrected chi connectivity index (χ4v) is 3.20. The van der Waals surface area contributed by atoms with Crippen LogP contribution in [0.4, 0.5) is 4.79 Å². The number of methoxy groups -OCH3 is 1. The third kappa shape index (κ3) is 3.85. The maximum absolute atomic E-state index is 11.9. The molecule has 1 saturated heterocycles. The number of hydrogen-bond donors (Lipinski definition) is 1. The number of thioether (sulfide) groups is 1. The van der Waals surface area contributed by atoms with E-state index in [0.29, 0.717) is 20.7 Å². The molecule has 9 heteroatoms. The zero-order chi connectivity index (χ0) is 17.1. The molecule has 0 saturated carbocycles. The Kier molecular flexibility index (Phi) is 5.32. The van der Waals surface area contributed by atoms with Crippen molar-refractivity contribution in [3.63, 3.8) is 0 Å². The van der Waals surface area contributed by atoms with Gasteiger partial charge in [0.2, 0.25) is 0 Å². The Morgan fingerprint density at radius 1 is 1.43 bits per heavy atom. The van der Waals surface area contributed by atoms with E-state index in [2.05, 4.69) is 15.9 Å². The summed E-state index contributed by atoms with van der Waals surface area (Å²) >= 11 is 4.13. The molecule has 0 spiro atoms. The van der Waals surface area contributed by atoms with Crippen LogP contribution in [0.25, 0.3) is 6.08 Å². The number of rotatable bonds is 5. The highest BCUT2D eigenvalue weighted by molar-refractivity contribution is 9.10. The summed E-state index contributed by atoms with van der Waals surface area (Å²) in [7, 11) is 2.83. The van der Waals surface area contributed by atoms with Crippen molar-refractivity contribution in [3.8, 4) is 11.5 Å². The first kappa shape index (κ1) is 17.4. The lowest BCUT2D eigenvalue weighted by Gasteiger charge is -2.12. The first-order valence-corrected chi connectivity index (χ1v) is 7.88. The number of carboxylic acids is 1. The second kappa shape index (κ2) is 7.05. The number of carboxylic acid groups (broad SMARTS) is 1. The topological polar surface area (TPSA) is 93.1 Å². The number of likely N-dealkylation sites (N-methyl/N-ethyl adjacent to an activating group) is 1. The fraction of sp³-hybridized carbons (Fsp3) is 0.214. The van der Waals surface area contributed by atoms with Crippen LogP contribution >= 0.6 is 27.7 Å². The first-order chi connectivity index (χ1) is 10.8. The van der Waals surface area contributed by atoms with E-state index in [1.54, 1.807) is 18.2 Å². The summed E-state index contributed by atoms with van der Waals surface area (Å²) in [4.78, 5) is 35.3. The summed E-state index contributed by atoms with van der Waals surface area (Å²) in [5.74, 6) is -0.931. The van der Waals surface area contributed by atoms with E-state index in [4.69, 9.17) is 14.6 Å². The molecule has 2 amide bonds. The summed E-state index contributed by atoms with van der Waals surface area (Å²) in [6.07, 6.45) is 1.56. The number of halogens is 1. The van der Waals surface area contributed by atoms with Gasteiger partial charge in [-0.15, -0.1) is 0 Å². The molecule has 1 aromatic carbocycles. The number of hydrogen-bond acceptors (Lipinski definition) is 6. The van der Waals surface area contributed by atoms with Crippen LogP contribution in [0.5, 0.6) is 11.5 Å². The maximum atomic E-state index is 11.9. The van der Waals surface area contributed by atoms with Crippen molar-refractivity contribution in [2.45, 2.75) is 0 Å². The van der Waals surface area contributed by atoms with Crippen molar-refractivity contribution in [3.05, 3.63) is 27.1 Å². The van der Waals surface area contributed by atoms with Crippen LogP contribution in [-0.2, 0) is 9.59 Å². The molecule has 7 nitrogen and oxygen atoms in total. The molecule has 1 fully saturated rings. The molecule has 0 atom stereocenters. The zero-order valence-corrected chi connectivity index (χ0v) is 14.6. The van der Waals surface area contributed by atoms with Gasteiger partial charge in [-0.05, 0) is 51.5 Å². The molecule has 0 unspecified atom stereocenters.